The number of para-hydroxylation sites is 2. The Morgan fingerprint density at radius 2 is 1.97 bits per heavy atom. The number of hydrogen-bond donors (Lipinski definition) is 0. The Kier molecular flexibility index (Phi) is 4.68. The number of aromatic nitrogens is 2. The minimum Gasteiger partial charge on any atom is -0.376 e. The molecule has 0 spiro atoms. The van der Waals surface area contributed by atoms with Gasteiger partial charge in [0, 0.05) is 12.7 Å². The van der Waals surface area contributed by atoms with Gasteiger partial charge in [-0.15, -0.1) is 0 Å². The molecule has 0 bridgehead atoms. The number of amides is 1. The first-order valence-corrected chi connectivity index (χ1v) is 10.7. The summed E-state index contributed by atoms with van der Waals surface area (Å²) >= 11 is 0. The maximum absolute atomic E-state index is 14.2. The van der Waals surface area contributed by atoms with Gasteiger partial charge in [-0.1, -0.05) is 17.3 Å². The predicted molar refractivity (Wildman–Crippen MR) is 115 cm³/mol. The summed E-state index contributed by atoms with van der Waals surface area (Å²) in [5.74, 6) is -1.60. The van der Waals surface area contributed by atoms with Gasteiger partial charge in [-0.2, -0.15) is 4.98 Å². The molecule has 3 aromatic rings. The van der Waals surface area contributed by atoms with E-state index in [9.17, 15) is 13.6 Å². The zero-order valence-corrected chi connectivity index (χ0v) is 17.4. The summed E-state index contributed by atoms with van der Waals surface area (Å²) in [6, 6.07) is 9.27. The average Bonchev–Trinajstić information content (AvgIpc) is 3.57. The fourth-order valence-electron chi connectivity index (χ4n) is 4.62. The number of hydrogen-bond acceptors (Lipinski definition) is 7. The Morgan fingerprint density at radius 3 is 2.76 bits per heavy atom. The van der Waals surface area contributed by atoms with Crippen molar-refractivity contribution in [2.45, 2.75) is 31.0 Å². The van der Waals surface area contributed by atoms with Crippen LogP contribution in [0.25, 0.3) is 11.4 Å². The predicted octanol–water partition coefficient (Wildman–Crippen LogP) is 3.50. The molecule has 0 aliphatic carbocycles. The van der Waals surface area contributed by atoms with Crippen LogP contribution < -0.4 is 9.80 Å². The van der Waals surface area contributed by atoms with Crippen molar-refractivity contribution >= 4 is 23.6 Å². The summed E-state index contributed by atoms with van der Waals surface area (Å²) < 4.78 is 38.6. The number of nitrogens with zero attached hydrogens (tertiary/aromatic N) is 5. The first-order chi connectivity index (χ1) is 16.1. The van der Waals surface area contributed by atoms with Gasteiger partial charge in [0.2, 0.25) is 5.82 Å². The van der Waals surface area contributed by atoms with E-state index in [-0.39, 0.29) is 29.3 Å². The summed E-state index contributed by atoms with van der Waals surface area (Å²) in [5, 5.41) is 3.84. The van der Waals surface area contributed by atoms with Crippen LogP contribution in [0.4, 0.5) is 20.2 Å². The number of benzene rings is 2. The molecule has 3 atom stereocenters. The molecule has 3 aliphatic heterocycles. The molecule has 6 rings (SSSR count). The number of fused-ring (bicyclic) bond motifs is 3. The summed E-state index contributed by atoms with van der Waals surface area (Å²) in [6.45, 7) is 1.14. The van der Waals surface area contributed by atoms with Crippen molar-refractivity contribution in [3.63, 3.8) is 0 Å². The highest BCUT2D eigenvalue weighted by molar-refractivity contribution is 6.11. The maximum atomic E-state index is 14.2. The van der Waals surface area contributed by atoms with E-state index in [0.717, 1.165) is 36.3 Å². The quantitative estimate of drug-likeness (QED) is 0.604. The van der Waals surface area contributed by atoms with Gasteiger partial charge < -0.3 is 19.1 Å². The third-order valence-electron chi connectivity index (χ3n) is 6.20. The molecule has 0 N–H and O–H groups in total. The average molecular weight is 451 g/mol. The lowest BCUT2D eigenvalue weighted by Gasteiger charge is -2.39. The maximum Gasteiger partial charge on any atom is 0.254 e. The van der Waals surface area contributed by atoms with Crippen molar-refractivity contribution in [1.82, 2.24) is 10.1 Å². The molecule has 1 aromatic heterocycles. The van der Waals surface area contributed by atoms with Crippen molar-refractivity contribution in [3.05, 3.63) is 60.0 Å². The molecule has 4 heterocycles. The number of carbonyl (C=O) groups is 1. The highest BCUT2D eigenvalue weighted by Crippen LogP contribution is 2.43. The molecule has 1 saturated heterocycles. The van der Waals surface area contributed by atoms with Crippen LogP contribution in [-0.4, -0.2) is 47.7 Å². The van der Waals surface area contributed by atoms with Crippen molar-refractivity contribution < 1.29 is 22.8 Å². The minimum absolute atomic E-state index is 0.00515. The third kappa shape index (κ3) is 3.29. The van der Waals surface area contributed by atoms with E-state index in [0.29, 0.717) is 13.2 Å². The van der Waals surface area contributed by atoms with E-state index >= 15 is 0 Å². The normalized spacial score (nSPS) is 23.8. The first-order valence-electron chi connectivity index (χ1n) is 10.7. The fourth-order valence-corrected chi connectivity index (χ4v) is 4.62. The SMILES string of the molecule is O=C1C2C(c3nc(-c4ccc(F)cc4F)no3)N=CN2c2ccccc2N1CC1CCCO1. The van der Waals surface area contributed by atoms with Crippen molar-refractivity contribution in [2.24, 2.45) is 4.99 Å². The lowest BCUT2D eigenvalue weighted by Crippen LogP contribution is -2.54. The summed E-state index contributed by atoms with van der Waals surface area (Å²) in [6.07, 6.45) is 3.44. The molecule has 8 nitrogen and oxygen atoms in total. The second kappa shape index (κ2) is 7.73. The minimum atomic E-state index is -0.802. The summed E-state index contributed by atoms with van der Waals surface area (Å²) in [4.78, 5) is 26.0. The van der Waals surface area contributed by atoms with E-state index in [2.05, 4.69) is 15.1 Å². The summed E-state index contributed by atoms with van der Waals surface area (Å²) in [5.41, 5.74) is 1.64. The number of halogens is 2. The number of carbonyl (C=O) groups excluding carboxylic acids is 1. The van der Waals surface area contributed by atoms with Gasteiger partial charge in [0.05, 0.1) is 35.9 Å². The van der Waals surface area contributed by atoms with Crippen LogP contribution in [0, 0.1) is 11.6 Å². The molecule has 2 aromatic carbocycles. The van der Waals surface area contributed by atoms with Gasteiger partial charge in [-0.25, -0.2) is 8.78 Å². The monoisotopic (exact) mass is 451 g/mol. The zero-order chi connectivity index (χ0) is 22.5. The van der Waals surface area contributed by atoms with Gasteiger partial charge in [-0.3, -0.25) is 9.79 Å². The second-order valence-electron chi connectivity index (χ2n) is 8.21. The standard InChI is InChI=1S/C23H19F2N5O3/c24-13-7-8-15(16(25)10-13)21-27-22(33-28-21)19-20-23(31)29(11-14-4-3-9-32-14)17-5-1-2-6-18(17)30(20)12-26-19/h1-2,5-8,10,12,14,19-20H,3-4,9,11H2. The van der Waals surface area contributed by atoms with Gasteiger partial charge in [0.25, 0.3) is 11.8 Å². The van der Waals surface area contributed by atoms with Gasteiger partial charge in [0.1, 0.15) is 17.7 Å². The number of rotatable bonds is 4. The Morgan fingerprint density at radius 1 is 1.12 bits per heavy atom. The number of aliphatic imine (C=N–C) groups is 1. The van der Waals surface area contributed by atoms with Crippen LogP contribution in [-0.2, 0) is 9.53 Å². The molecular weight excluding hydrogens is 432 g/mol. The molecule has 1 amide bonds. The fraction of sp³-hybridized carbons (Fsp3) is 0.304. The molecule has 3 unspecified atom stereocenters. The largest absolute Gasteiger partial charge is 0.376 e. The van der Waals surface area contributed by atoms with Crippen molar-refractivity contribution in [1.29, 1.82) is 0 Å². The Bertz CT molecular complexity index is 1260. The molecular formula is C23H19F2N5O3. The first kappa shape index (κ1) is 20.0. The van der Waals surface area contributed by atoms with E-state index in [4.69, 9.17) is 9.26 Å². The van der Waals surface area contributed by atoms with E-state index in [1.807, 2.05) is 24.3 Å². The number of ether oxygens (including phenoxy) is 1. The van der Waals surface area contributed by atoms with Crippen LogP contribution in [0.5, 0.6) is 0 Å². The molecule has 1 fully saturated rings. The molecule has 0 radical (unpaired) electrons. The van der Waals surface area contributed by atoms with Crippen LogP contribution in [0.2, 0.25) is 0 Å². The van der Waals surface area contributed by atoms with Gasteiger partial charge in [-0.05, 0) is 37.1 Å². The van der Waals surface area contributed by atoms with Crippen LogP contribution >= 0.6 is 0 Å². The van der Waals surface area contributed by atoms with Crippen LogP contribution in [0.15, 0.2) is 52.0 Å². The van der Waals surface area contributed by atoms with E-state index in [1.165, 1.54) is 6.07 Å². The zero-order valence-electron chi connectivity index (χ0n) is 17.4. The molecule has 10 heteroatoms. The topological polar surface area (TPSA) is 84.1 Å². The Labute approximate surface area is 187 Å². The van der Waals surface area contributed by atoms with Crippen LogP contribution in [0.3, 0.4) is 0 Å². The smallest absolute Gasteiger partial charge is 0.254 e. The molecule has 33 heavy (non-hydrogen) atoms. The second-order valence-corrected chi connectivity index (χ2v) is 8.21. The van der Waals surface area contributed by atoms with E-state index in [1.54, 1.807) is 16.1 Å². The lowest BCUT2D eigenvalue weighted by molar-refractivity contribution is -0.120. The molecule has 0 saturated carbocycles. The van der Waals surface area contributed by atoms with Gasteiger partial charge >= 0.3 is 0 Å². The van der Waals surface area contributed by atoms with Gasteiger partial charge in [0.15, 0.2) is 6.04 Å². The summed E-state index contributed by atoms with van der Waals surface area (Å²) in [7, 11) is 0. The Balaban J connectivity index is 1.34. The highest BCUT2D eigenvalue weighted by Gasteiger charge is 2.48. The molecule has 168 valence electrons. The van der Waals surface area contributed by atoms with Crippen molar-refractivity contribution in [3.8, 4) is 11.4 Å². The third-order valence-corrected chi connectivity index (χ3v) is 6.20. The highest BCUT2D eigenvalue weighted by atomic mass is 19.1. The number of anilines is 2. The van der Waals surface area contributed by atoms with Crippen LogP contribution in [0.1, 0.15) is 24.8 Å². The molecule has 3 aliphatic rings. The lowest BCUT2D eigenvalue weighted by atomic mass is 10.0. The Hall–Kier alpha value is -3.66. The van der Waals surface area contributed by atoms with Crippen molar-refractivity contribution in [2.75, 3.05) is 23.0 Å². The van der Waals surface area contributed by atoms with E-state index < -0.39 is 23.7 Å².